The molecular weight excluding hydrogens is 336 g/mol. The number of likely N-dealkylation sites (tertiary alicyclic amines) is 1. The van der Waals surface area contributed by atoms with Crippen LogP contribution in [-0.4, -0.2) is 46.0 Å². The third-order valence-electron chi connectivity index (χ3n) is 5.56. The van der Waals surface area contributed by atoms with E-state index in [0.29, 0.717) is 11.8 Å². The van der Waals surface area contributed by atoms with Gasteiger partial charge >= 0.3 is 0 Å². The maximum atomic E-state index is 10.4. The summed E-state index contributed by atoms with van der Waals surface area (Å²) in [6, 6.07) is 9.98. The Morgan fingerprint density at radius 3 is 2.56 bits per heavy atom. The van der Waals surface area contributed by atoms with Crippen molar-refractivity contribution in [2.45, 2.75) is 45.3 Å². The highest BCUT2D eigenvalue weighted by atomic mass is 16.3. The van der Waals surface area contributed by atoms with Gasteiger partial charge < -0.3 is 15.3 Å². The van der Waals surface area contributed by atoms with Crippen LogP contribution in [0.2, 0.25) is 0 Å². The van der Waals surface area contributed by atoms with Crippen molar-refractivity contribution in [1.29, 1.82) is 0 Å². The summed E-state index contributed by atoms with van der Waals surface area (Å²) >= 11 is 0. The molecule has 0 bridgehead atoms. The molecule has 1 fully saturated rings. The lowest BCUT2D eigenvalue weighted by atomic mass is 9.96. The molecule has 27 heavy (non-hydrogen) atoms. The van der Waals surface area contributed by atoms with E-state index < -0.39 is 0 Å². The maximum Gasteiger partial charge on any atom is 0.0916 e. The molecule has 1 aliphatic rings. The van der Waals surface area contributed by atoms with Crippen LogP contribution < -0.4 is 5.32 Å². The monoisotopic (exact) mass is 370 g/mol. The maximum absolute atomic E-state index is 10.4. The van der Waals surface area contributed by atoms with Crippen LogP contribution in [0.5, 0.6) is 0 Å². The molecule has 1 saturated heterocycles. The van der Waals surface area contributed by atoms with Gasteiger partial charge in [0.15, 0.2) is 0 Å². The number of β-amino-alcohol motifs (C(OH)–C–C–N with tert-alkyl or cyclic N) is 1. The van der Waals surface area contributed by atoms with Gasteiger partial charge in [-0.1, -0.05) is 44.2 Å². The number of benzene rings is 1. The first-order valence-corrected chi connectivity index (χ1v) is 10.2. The second-order valence-corrected chi connectivity index (χ2v) is 8.17. The van der Waals surface area contributed by atoms with Crippen molar-refractivity contribution in [3.05, 3.63) is 53.3 Å². The van der Waals surface area contributed by atoms with Crippen LogP contribution in [-0.2, 0) is 13.6 Å². The standard InChI is InChI=1S/C22H34N4O/c1-17(2)22-20(15-25(3)24-22)14-23-13-18-9-11-26(12-10-18)16-21(27)19-7-5-4-6-8-19/h4-8,15,17-18,21,23,27H,9-14,16H2,1-3H3. The van der Waals surface area contributed by atoms with Crippen LogP contribution in [0.15, 0.2) is 36.5 Å². The number of aryl methyl sites for hydroxylation is 1. The second kappa shape index (κ2) is 9.49. The fourth-order valence-electron chi connectivity index (χ4n) is 3.99. The predicted octanol–water partition coefficient (Wildman–Crippen LogP) is 3.08. The number of hydrogen-bond donors (Lipinski definition) is 2. The first-order chi connectivity index (χ1) is 13.0. The Morgan fingerprint density at radius 2 is 1.89 bits per heavy atom. The van der Waals surface area contributed by atoms with Crippen LogP contribution >= 0.6 is 0 Å². The molecule has 148 valence electrons. The van der Waals surface area contributed by atoms with E-state index in [-0.39, 0.29) is 6.10 Å². The fraction of sp³-hybridized carbons (Fsp3) is 0.591. The fourth-order valence-corrected chi connectivity index (χ4v) is 3.99. The Balaban J connectivity index is 1.39. The van der Waals surface area contributed by atoms with E-state index >= 15 is 0 Å². The SMILES string of the molecule is CC(C)c1nn(C)cc1CNCC1CCN(CC(O)c2ccccc2)CC1. The summed E-state index contributed by atoms with van der Waals surface area (Å²) in [6.45, 7) is 9.23. The quantitative estimate of drug-likeness (QED) is 0.750. The van der Waals surface area contributed by atoms with Gasteiger partial charge in [0, 0.05) is 31.9 Å². The number of aromatic nitrogens is 2. The number of hydrogen-bond acceptors (Lipinski definition) is 4. The summed E-state index contributed by atoms with van der Waals surface area (Å²) in [7, 11) is 2.00. The number of rotatable bonds is 8. The van der Waals surface area contributed by atoms with Crippen molar-refractivity contribution in [3.8, 4) is 0 Å². The lowest BCUT2D eigenvalue weighted by Crippen LogP contribution is -2.39. The summed E-state index contributed by atoms with van der Waals surface area (Å²) in [5, 5.41) is 18.6. The van der Waals surface area contributed by atoms with Crippen molar-refractivity contribution < 1.29 is 5.11 Å². The zero-order chi connectivity index (χ0) is 19.2. The molecule has 1 unspecified atom stereocenters. The zero-order valence-electron chi connectivity index (χ0n) is 16.9. The molecule has 5 nitrogen and oxygen atoms in total. The smallest absolute Gasteiger partial charge is 0.0916 e. The molecule has 0 saturated carbocycles. The normalized spacial score (nSPS) is 17.5. The Bertz CT molecular complexity index is 690. The minimum atomic E-state index is -0.388. The lowest BCUT2D eigenvalue weighted by Gasteiger charge is -2.33. The third kappa shape index (κ3) is 5.64. The molecule has 0 spiro atoms. The summed E-state index contributed by atoms with van der Waals surface area (Å²) < 4.78 is 1.92. The van der Waals surface area contributed by atoms with Crippen LogP contribution in [0, 0.1) is 5.92 Å². The summed E-state index contributed by atoms with van der Waals surface area (Å²) in [5.41, 5.74) is 3.53. The number of nitrogens with one attached hydrogen (secondary N) is 1. The Kier molecular flexibility index (Phi) is 7.05. The van der Waals surface area contributed by atoms with Gasteiger partial charge in [0.1, 0.15) is 0 Å². The van der Waals surface area contributed by atoms with Crippen LogP contribution in [0.3, 0.4) is 0 Å². The van der Waals surface area contributed by atoms with Crippen molar-refractivity contribution in [3.63, 3.8) is 0 Å². The van der Waals surface area contributed by atoms with Crippen LogP contribution in [0.25, 0.3) is 0 Å². The molecular formula is C22H34N4O. The van der Waals surface area contributed by atoms with Gasteiger partial charge in [-0.15, -0.1) is 0 Å². The molecule has 1 aromatic carbocycles. The average Bonchev–Trinajstić information content (AvgIpc) is 3.05. The molecule has 1 atom stereocenters. The molecule has 0 radical (unpaired) electrons. The third-order valence-corrected chi connectivity index (χ3v) is 5.56. The Hall–Kier alpha value is -1.69. The number of aliphatic hydroxyl groups is 1. The van der Waals surface area contributed by atoms with Crippen molar-refractivity contribution >= 4 is 0 Å². The van der Waals surface area contributed by atoms with Crippen molar-refractivity contribution in [2.24, 2.45) is 13.0 Å². The first-order valence-electron chi connectivity index (χ1n) is 10.2. The van der Waals surface area contributed by atoms with E-state index in [9.17, 15) is 5.11 Å². The lowest BCUT2D eigenvalue weighted by molar-refractivity contribution is 0.0891. The van der Waals surface area contributed by atoms with Gasteiger partial charge in [0.25, 0.3) is 0 Å². The van der Waals surface area contributed by atoms with Crippen LogP contribution in [0.4, 0.5) is 0 Å². The zero-order valence-corrected chi connectivity index (χ0v) is 16.9. The van der Waals surface area contributed by atoms with Gasteiger partial charge in [0.05, 0.1) is 11.8 Å². The highest BCUT2D eigenvalue weighted by molar-refractivity contribution is 5.20. The van der Waals surface area contributed by atoms with E-state index in [2.05, 4.69) is 35.4 Å². The largest absolute Gasteiger partial charge is 0.387 e. The van der Waals surface area contributed by atoms with E-state index in [0.717, 1.165) is 38.3 Å². The predicted molar refractivity (Wildman–Crippen MR) is 110 cm³/mol. The molecule has 0 amide bonds. The van der Waals surface area contributed by atoms with E-state index in [4.69, 9.17) is 0 Å². The van der Waals surface area contributed by atoms with E-state index in [1.165, 1.54) is 24.1 Å². The summed E-state index contributed by atoms with van der Waals surface area (Å²) in [5.74, 6) is 1.18. The number of piperidine rings is 1. The van der Waals surface area contributed by atoms with Gasteiger partial charge in [-0.05, 0) is 49.9 Å². The van der Waals surface area contributed by atoms with Gasteiger partial charge in [-0.2, -0.15) is 5.10 Å². The molecule has 3 rings (SSSR count). The van der Waals surface area contributed by atoms with Gasteiger partial charge in [-0.25, -0.2) is 0 Å². The van der Waals surface area contributed by atoms with Crippen molar-refractivity contribution in [1.82, 2.24) is 20.0 Å². The van der Waals surface area contributed by atoms with Gasteiger partial charge in [-0.3, -0.25) is 4.68 Å². The molecule has 2 heterocycles. The summed E-state index contributed by atoms with van der Waals surface area (Å²) in [6.07, 6.45) is 4.13. The Morgan fingerprint density at radius 1 is 1.19 bits per heavy atom. The minimum Gasteiger partial charge on any atom is -0.387 e. The topological polar surface area (TPSA) is 53.3 Å². The van der Waals surface area contributed by atoms with E-state index in [1.54, 1.807) is 0 Å². The van der Waals surface area contributed by atoms with Crippen LogP contribution in [0.1, 0.15) is 55.5 Å². The Labute approximate surface area is 163 Å². The van der Waals surface area contributed by atoms with Gasteiger partial charge in [0.2, 0.25) is 0 Å². The summed E-state index contributed by atoms with van der Waals surface area (Å²) in [4.78, 5) is 2.39. The number of nitrogens with zero attached hydrogens (tertiary/aromatic N) is 3. The molecule has 2 N–H and O–H groups in total. The van der Waals surface area contributed by atoms with E-state index in [1.807, 2.05) is 42.1 Å². The molecule has 5 heteroatoms. The molecule has 2 aromatic rings. The first kappa shape index (κ1) is 20.1. The minimum absolute atomic E-state index is 0.388. The molecule has 1 aliphatic heterocycles. The second-order valence-electron chi connectivity index (χ2n) is 8.17. The molecule has 1 aromatic heterocycles. The number of aliphatic hydroxyl groups excluding tert-OH is 1. The average molecular weight is 371 g/mol. The highest BCUT2D eigenvalue weighted by Gasteiger charge is 2.21. The van der Waals surface area contributed by atoms with Crippen molar-refractivity contribution in [2.75, 3.05) is 26.2 Å². The molecule has 0 aliphatic carbocycles. The highest BCUT2D eigenvalue weighted by Crippen LogP contribution is 2.21.